The Hall–Kier alpha value is -2.84. The number of benzene rings is 1. The summed E-state index contributed by atoms with van der Waals surface area (Å²) in [4.78, 5) is 8.95. The van der Waals surface area contributed by atoms with Crippen LogP contribution in [0.3, 0.4) is 0 Å². The lowest BCUT2D eigenvalue weighted by molar-refractivity contribution is 0.0698. The fraction of sp³-hybridized carbons (Fsp3) is 0.478. The van der Waals surface area contributed by atoms with Gasteiger partial charge in [-0.25, -0.2) is 9.98 Å². The number of pyridine rings is 1. The molecule has 170 valence electrons. The molecule has 1 heterocycles. The summed E-state index contributed by atoms with van der Waals surface area (Å²) < 4.78 is 21.7. The number of nitrogens with zero attached hydrogens (tertiary/aromatic N) is 2. The van der Waals surface area contributed by atoms with E-state index in [0.717, 1.165) is 36.8 Å². The van der Waals surface area contributed by atoms with Crippen LogP contribution in [-0.2, 0) is 16.0 Å². The average Bonchev–Trinajstić information content (AvgIpc) is 2.81. The van der Waals surface area contributed by atoms with Crippen LogP contribution in [0.1, 0.15) is 18.9 Å². The Morgan fingerprint density at radius 1 is 0.935 bits per heavy atom. The van der Waals surface area contributed by atoms with Crippen molar-refractivity contribution in [2.75, 3.05) is 53.2 Å². The minimum atomic E-state index is 0.434. The van der Waals surface area contributed by atoms with Crippen LogP contribution >= 0.6 is 0 Å². The van der Waals surface area contributed by atoms with Crippen molar-refractivity contribution in [2.45, 2.75) is 19.9 Å². The Morgan fingerprint density at radius 3 is 2.52 bits per heavy atom. The van der Waals surface area contributed by atoms with Gasteiger partial charge in [0, 0.05) is 39.1 Å². The van der Waals surface area contributed by atoms with Crippen LogP contribution in [0.4, 0.5) is 0 Å². The number of methoxy groups -OCH3 is 1. The number of hydrogen-bond donors (Lipinski definition) is 2. The van der Waals surface area contributed by atoms with Crippen molar-refractivity contribution in [1.29, 1.82) is 0 Å². The minimum Gasteiger partial charge on any atom is -0.490 e. The third-order valence-electron chi connectivity index (χ3n) is 4.10. The van der Waals surface area contributed by atoms with Gasteiger partial charge in [-0.05, 0) is 31.0 Å². The standard InChI is InChI=1S/C23H34N4O4/c1-3-24-23(25-12-7-13-29-15-14-28-2)27-19-20-10-11-22(26-18-20)31-17-16-30-21-8-5-4-6-9-21/h4-6,8-11,18H,3,7,12-17,19H2,1-2H3,(H2,24,25,27). The van der Waals surface area contributed by atoms with Gasteiger partial charge >= 0.3 is 0 Å². The van der Waals surface area contributed by atoms with Crippen LogP contribution < -0.4 is 20.1 Å². The second-order valence-electron chi connectivity index (χ2n) is 6.60. The Kier molecular flexibility index (Phi) is 12.6. The lowest BCUT2D eigenvalue weighted by Gasteiger charge is -2.11. The molecule has 2 aromatic rings. The highest BCUT2D eigenvalue weighted by Crippen LogP contribution is 2.10. The highest BCUT2D eigenvalue weighted by molar-refractivity contribution is 5.79. The summed E-state index contributed by atoms with van der Waals surface area (Å²) in [7, 11) is 1.67. The van der Waals surface area contributed by atoms with Crippen molar-refractivity contribution in [3.05, 3.63) is 54.2 Å². The Balaban J connectivity index is 1.67. The zero-order chi connectivity index (χ0) is 22.0. The molecule has 0 aliphatic heterocycles. The van der Waals surface area contributed by atoms with Crippen LogP contribution in [0.25, 0.3) is 0 Å². The largest absolute Gasteiger partial charge is 0.490 e. The number of para-hydroxylation sites is 1. The van der Waals surface area contributed by atoms with Gasteiger partial charge in [0.05, 0.1) is 19.8 Å². The molecule has 0 saturated heterocycles. The molecule has 8 heteroatoms. The number of guanidine groups is 1. The predicted octanol–water partition coefficient (Wildman–Crippen LogP) is 2.65. The maximum Gasteiger partial charge on any atom is 0.213 e. The quantitative estimate of drug-likeness (QED) is 0.255. The number of aromatic nitrogens is 1. The molecule has 0 spiro atoms. The summed E-state index contributed by atoms with van der Waals surface area (Å²) in [6, 6.07) is 13.5. The van der Waals surface area contributed by atoms with Crippen LogP contribution in [0.15, 0.2) is 53.7 Å². The Bertz CT molecular complexity index is 726. The highest BCUT2D eigenvalue weighted by Gasteiger charge is 2.00. The van der Waals surface area contributed by atoms with Crippen molar-refractivity contribution in [3.8, 4) is 11.6 Å². The molecule has 0 amide bonds. The van der Waals surface area contributed by atoms with Crippen molar-refractivity contribution in [3.63, 3.8) is 0 Å². The van der Waals surface area contributed by atoms with Gasteiger partial charge in [-0.1, -0.05) is 24.3 Å². The molecule has 8 nitrogen and oxygen atoms in total. The first-order chi connectivity index (χ1) is 15.3. The van der Waals surface area contributed by atoms with Gasteiger partial charge in [0.25, 0.3) is 0 Å². The Labute approximate surface area is 185 Å². The molecular weight excluding hydrogens is 396 g/mol. The molecule has 1 aromatic heterocycles. The number of aliphatic imine (C=N–C) groups is 1. The second-order valence-corrected chi connectivity index (χ2v) is 6.60. The topological polar surface area (TPSA) is 86.2 Å². The molecule has 0 atom stereocenters. The van der Waals surface area contributed by atoms with E-state index in [4.69, 9.17) is 18.9 Å². The summed E-state index contributed by atoms with van der Waals surface area (Å²) in [5.74, 6) is 2.18. The average molecular weight is 431 g/mol. The zero-order valence-electron chi connectivity index (χ0n) is 18.5. The number of ether oxygens (including phenoxy) is 4. The van der Waals surface area contributed by atoms with Crippen molar-refractivity contribution in [1.82, 2.24) is 15.6 Å². The van der Waals surface area contributed by atoms with Gasteiger partial charge in [0.1, 0.15) is 19.0 Å². The van der Waals surface area contributed by atoms with Crippen molar-refractivity contribution in [2.24, 2.45) is 4.99 Å². The van der Waals surface area contributed by atoms with E-state index in [1.807, 2.05) is 49.4 Å². The van der Waals surface area contributed by atoms with Crippen molar-refractivity contribution < 1.29 is 18.9 Å². The molecule has 2 N–H and O–H groups in total. The summed E-state index contributed by atoms with van der Waals surface area (Å²) in [5.41, 5.74) is 1.01. The van der Waals surface area contributed by atoms with E-state index in [-0.39, 0.29) is 0 Å². The summed E-state index contributed by atoms with van der Waals surface area (Å²) in [6.07, 6.45) is 2.68. The first kappa shape index (κ1) is 24.4. The molecule has 2 rings (SSSR count). The van der Waals surface area contributed by atoms with E-state index in [1.165, 1.54) is 0 Å². The molecular formula is C23H34N4O4. The van der Waals surface area contributed by atoms with Gasteiger partial charge in [0.15, 0.2) is 5.96 Å². The first-order valence-electron chi connectivity index (χ1n) is 10.7. The minimum absolute atomic E-state index is 0.434. The van der Waals surface area contributed by atoms with E-state index in [2.05, 4.69) is 20.6 Å². The molecule has 1 aromatic carbocycles. The number of hydrogen-bond acceptors (Lipinski definition) is 6. The molecule has 0 aliphatic carbocycles. The van der Waals surface area contributed by atoms with Crippen LogP contribution in [0, 0.1) is 0 Å². The molecule has 0 radical (unpaired) electrons. The van der Waals surface area contributed by atoms with Gasteiger partial charge in [-0.2, -0.15) is 0 Å². The highest BCUT2D eigenvalue weighted by atomic mass is 16.5. The third kappa shape index (κ3) is 11.2. The lowest BCUT2D eigenvalue weighted by atomic mass is 10.3. The van der Waals surface area contributed by atoms with E-state index in [0.29, 0.717) is 45.5 Å². The van der Waals surface area contributed by atoms with Crippen LogP contribution in [0.5, 0.6) is 11.6 Å². The fourth-order valence-electron chi connectivity index (χ4n) is 2.55. The third-order valence-corrected chi connectivity index (χ3v) is 4.10. The molecule has 0 unspecified atom stereocenters. The zero-order valence-corrected chi connectivity index (χ0v) is 18.5. The second kappa shape index (κ2) is 15.9. The van der Waals surface area contributed by atoms with E-state index in [9.17, 15) is 0 Å². The predicted molar refractivity (Wildman–Crippen MR) is 122 cm³/mol. The first-order valence-corrected chi connectivity index (χ1v) is 10.7. The van der Waals surface area contributed by atoms with Gasteiger partial charge in [-0.15, -0.1) is 0 Å². The Morgan fingerprint density at radius 2 is 1.77 bits per heavy atom. The van der Waals surface area contributed by atoms with Crippen LogP contribution in [-0.4, -0.2) is 64.2 Å². The fourth-order valence-corrected chi connectivity index (χ4v) is 2.55. The molecule has 0 bridgehead atoms. The van der Waals surface area contributed by atoms with Crippen molar-refractivity contribution >= 4 is 5.96 Å². The SMILES string of the molecule is CCNC(=NCc1ccc(OCCOc2ccccc2)nc1)NCCCOCCOC. The monoisotopic (exact) mass is 430 g/mol. The molecule has 0 saturated carbocycles. The van der Waals surface area contributed by atoms with Gasteiger partial charge < -0.3 is 29.6 Å². The van der Waals surface area contributed by atoms with Gasteiger partial charge in [-0.3, -0.25) is 0 Å². The molecule has 0 aliphatic rings. The van der Waals surface area contributed by atoms with E-state index >= 15 is 0 Å². The normalized spacial score (nSPS) is 11.2. The van der Waals surface area contributed by atoms with E-state index in [1.54, 1.807) is 13.3 Å². The molecule has 0 fully saturated rings. The maximum absolute atomic E-state index is 5.63. The van der Waals surface area contributed by atoms with Crippen LogP contribution in [0.2, 0.25) is 0 Å². The molecule has 31 heavy (non-hydrogen) atoms. The van der Waals surface area contributed by atoms with Gasteiger partial charge in [0.2, 0.25) is 5.88 Å². The lowest BCUT2D eigenvalue weighted by Crippen LogP contribution is -2.38. The summed E-state index contributed by atoms with van der Waals surface area (Å²) in [5, 5.41) is 6.55. The number of nitrogens with one attached hydrogen (secondary N) is 2. The smallest absolute Gasteiger partial charge is 0.213 e. The maximum atomic E-state index is 5.63. The number of rotatable bonds is 15. The summed E-state index contributed by atoms with van der Waals surface area (Å²) >= 11 is 0. The summed E-state index contributed by atoms with van der Waals surface area (Å²) in [6.45, 7) is 6.99. The van der Waals surface area contributed by atoms with E-state index < -0.39 is 0 Å².